The van der Waals surface area contributed by atoms with Crippen molar-refractivity contribution in [1.29, 1.82) is 0 Å². The van der Waals surface area contributed by atoms with Gasteiger partial charge in [-0.25, -0.2) is 13.1 Å². The summed E-state index contributed by atoms with van der Waals surface area (Å²) >= 11 is 0. The third-order valence-electron chi connectivity index (χ3n) is 3.35. The van der Waals surface area contributed by atoms with Gasteiger partial charge in [-0.1, -0.05) is 0 Å². The fraction of sp³-hybridized carbons (Fsp3) is 0.462. The molecule has 2 N–H and O–H groups in total. The maximum atomic E-state index is 12.4. The molecule has 0 aliphatic carbocycles. The quantitative estimate of drug-likeness (QED) is 0.816. The van der Waals surface area contributed by atoms with Gasteiger partial charge in [0.1, 0.15) is 16.4 Å². The van der Waals surface area contributed by atoms with E-state index in [2.05, 4.69) is 9.82 Å². The maximum Gasteiger partial charge on any atom is 0.244 e. The van der Waals surface area contributed by atoms with Gasteiger partial charge in [-0.3, -0.25) is 4.68 Å². The number of aromatic nitrogens is 2. The standard InChI is InChI=1S/C13H19N3O4S/c1-9-12(8-17)13(10(2)20-9)21(18,19)15-7-5-11-4-6-14-16(11)3/h4,6,15,17H,5,7-8H2,1-3H3. The Morgan fingerprint density at radius 2 is 2.10 bits per heavy atom. The third-order valence-corrected chi connectivity index (χ3v) is 5.00. The van der Waals surface area contributed by atoms with E-state index in [4.69, 9.17) is 4.42 Å². The summed E-state index contributed by atoms with van der Waals surface area (Å²) in [6.07, 6.45) is 2.19. The first-order chi connectivity index (χ1) is 9.86. The van der Waals surface area contributed by atoms with E-state index in [-0.39, 0.29) is 23.8 Å². The van der Waals surface area contributed by atoms with Crippen molar-refractivity contribution in [3.05, 3.63) is 35.0 Å². The van der Waals surface area contributed by atoms with Crippen molar-refractivity contribution in [2.75, 3.05) is 6.54 Å². The number of rotatable bonds is 6. The molecule has 2 aromatic heterocycles. The normalized spacial score (nSPS) is 12.0. The predicted octanol–water partition coefficient (Wildman–Crippen LogP) is 0.643. The Bertz CT molecular complexity index is 731. The highest BCUT2D eigenvalue weighted by Gasteiger charge is 2.26. The fourth-order valence-electron chi connectivity index (χ4n) is 2.28. The number of hydrogen-bond donors (Lipinski definition) is 2. The molecule has 7 nitrogen and oxygen atoms in total. The Hall–Kier alpha value is -1.64. The lowest BCUT2D eigenvalue weighted by Crippen LogP contribution is -2.27. The zero-order valence-corrected chi connectivity index (χ0v) is 13.1. The van der Waals surface area contributed by atoms with E-state index in [0.717, 1.165) is 5.69 Å². The average Bonchev–Trinajstić information content (AvgIpc) is 2.93. The summed E-state index contributed by atoms with van der Waals surface area (Å²) in [5, 5.41) is 13.4. The van der Waals surface area contributed by atoms with E-state index in [0.29, 0.717) is 17.7 Å². The summed E-state index contributed by atoms with van der Waals surface area (Å²) in [6.45, 7) is 3.08. The van der Waals surface area contributed by atoms with Gasteiger partial charge in [-0.05, 0) is 19.9 Å². The molecule has 0 saturated carbocycles. The summed E-state index contributed by atoms with van der Waals surface area (Å²) in [5.74, 6) is 0.701. The lowest BCUT2D eigenvalue weighted by atomic mass is 10.2. The van der Waals surface area contributed by atoms with Crippen molar-refractivity contribution >= 4 is 10.0 Å². The minimum absolute atomic E-state index is 0.0347. The Labute approximate surface area is 123 Å². The second kappa shape index (κ2) is 6.00. The van der Waals surface area contributed by atoms with E-state index in [1.165, 1.54) is 0 Å². The summed E-state index contributed by atoms with van der Waals surface area (Å²) in [7, 11) is -1.91. The van der Waals surface area contributed by atoms with Gasteiger partial charge in [0.15, 0.2) is 0 Å². The van der Waals surface area contributed by atoms with Crippen molar-refractivity contribution in [3.8, 4) is 0 Å². The van der Waals surface area contributed by atoms with E-state index >= 15 is 0 Å². The minimum atomic E-state index is -3.71. The van der Waals surface area contributed by atoms with Crippen LogP contribution in [0.15, 0.2) is 21.6 Å². The molecule has 2 rings (SSSR count). The van der Waals surface area contributed by atoms with Gasteiger partial charge in [0.05, 0.1) is 6.61 Å². The highest BCUT2D eigenvalue weighted by molar-refractivity contribution is 7.89. The van der Waals surface area contributed by atoms with Crippen LogP contribution in [-0.2, 0) is 30.1 Å². The van der Waals surface area contributed by atoms with Gasteiger partial charge in [0.2, 0.25) is 10.0 Å². The van der Waals surface area contributed by atoms with Gasteiger partial charge in [0, 0.05) is 37.5 Å². The number of furan rings is 1. The molecule has 0 amide bonds. The Morgan fingerprint density at radius 1 is 1.38 bits per heavy atom. The molecule has 0 atom stereocenters. The zero-order chi connectivity index (χ0) is 15.6. The summed E-state index contributed by atoms with van der Waals surface area (Å²) in [4.78, 5) is 0.0347. The Morgan fingerprint density at radius 3 is 2.67 bits per heavy atom. The molecule has 0 bridgehead atoms. The second-order valence-electron chi connectivity index (χ2n) is 4.77. The first-order valence-electron chi connectivity index (χ1n) is 6.53. The average molecular weight is 313 g/mol. The number of aryl methyl sites for hydroxylation is 3. The van der Waals surface area contributed by atoms with E-state index in [1.807, 2.05) is 6.07 Å². The van der Waals surface area contributed by atoms with Gasteiger partial charge in [0.25, 0.3) is 0 Å². The van der Waals surface area contributed by atoms with Crippen LogP contribution in [0.1, 0.15) is 22.8 Å². The molecule has 0 spiro atoms. The molecule has 0 aliphatic rings. The van der Waals surface area contributed by atoms with Crippen LogP contribution in [0.3, 0.4) is 0 Å². The van der Waals surface area contributed by atoms with E-state index in [9.17, 15) is 13.5 Å². The van der Waals surface area contributed by atoms with Crippen LogP contribution < -0.4 is 4.72 Å². The first-order valence-corrected chi connectivity index (χ1v) is 8.01. The molecule has 0 radical (unpaired) electrons. The molecule has 0 saturated heterocycles. The molecule has 0 aliphatic heterocycles. The van der Waals surface area contributed by atoms with Crippen LogP contribution in [0.4, 0.5) is 0 Å². The van der Waals surface area contributed by atoms with Crippen molar-refractivity contribution < 1.29 is 17.9 Å². The molecule has 8 heteroatoms. The van der Waals surface area contributed by atoms with Crippen molar-refractivity contribution in [2.45, 2.75) is 31.8 Å². The van der Waals surface area contributed by atoms with Crippen molar-refractivity contribution in [2.24, 2.45) is 7.05 Å². The van der Waals surface area contributed by atoms with Gasteiger partial charge in [-0.2, -0.15) is 5.10 Å². The fourth-order valence-corrected chi connectivity index (χ4v) is 3.74. The van der Waals surface area contributed by atoms with Crippen LogP contribution in [-0.4, -0.2) is 29.8 Å². The molecule has 0 aromatic carbocycles. The molecule has 2 aromatic rings. The largest absolute Gasteiger partial charge is 0.465 e. The second-order valence-corrected chi connectivity index (χ2v) is 6.48. The monoisotopic (exact) mass is 313 g/mol. The number of aliphatic hydroxyl groups is 1. The van der Waals surface area contributed by atoms with E-state index < -0.39 is 10.0 Å². The topological polar surface area (TPSA) is 97.4 Å². The number of nitrogens with zero attached hydrogens (tertiary/aromatic N) is 2. The minimum Gasteiger partial charge on any atom is -0.465 e. The maximum absolute atomic E-state index is 12.4. The summed E-state index contributed by atoms with van der Waals surface area (Å²) in [5.41, 5.74) is 1.24. The highest BCUT2D eigenvalue weighted by atomic mass is 32.2. The van der Waals surface area contributed by atoms with Crippen LogP contribution in [0, 0.1) is 13.8 Å². The Balaban J connectivity index is 2.14. The lowest BCUT2D eigenvalue weighted by molar-refractivity contribution is 0.276. The molecule has 116 valence electrons. The molecular weight excluding hydrogens is 294 g/mol. The highest BCUT2D eigenvalue weighted by Crippen LogP contribution is 2.26. The molecule has 2 heterocycles. The number of aliphatic hydroxyl groups excluding tert-OH is 1. The van der Waals surface area contributed by atoms with Crippen molar-refractivity contribution in [3.63, 3.8) is 0 Å². The van der Waals surface area contributed by atoms with Gasteiger partial charge < -0.3 is 9.52 Å². The Kier molecular flexibility index (Phi) is 4.50. The van der Waals surface area contributed by atoms with Gasteiger partial charge in [-0.15, -0.1) is 0 Å². The van der Waals surface area contributed by atoms with Crippen LogP contribution in [0.2, 0.25) is 0 Å². The first kappa shape index (κ1) is 15.7. The molecule has 0 fully saturated rings. The molecule has 21 heavy (non-hydrogen) atoms. The SMILES string of the molecule is Cc1oc(C)c(S(=O)(=O)NCCc2ccnn2C)c1CO. The molecular formula is C13H19N3O4S. The van der Waals surface area contributed by atoms with Crippen LogP contribution in [0.5, 0.6) is 0 Å². The summed E-state index contributed by atoms with van der Waals surface area (Å²) < 4.78 is 34.2. The van der Waals surface area contributed by atoms with Crippen LogP contribution >= 0.6 is 0 Å². The summed E-state index contributed by atoms with van der Waals surface area (Å²) in [6, 6.07) is 1.83. The predicted molar refractivity (Wildman–Crippen MR) is 76.2 cm³/mol. The lowest BCUT2D eigenvalue weighted by Gasteiger charge is -2.07. The third kappa shape index (κ3) is 3.17. The number of nitrogens with one attached hydrogen (secondary N) is 1. The van der Waals surface area contributed by atoms with Gasteiger partial charge >= 0.3 is 0 Å². The van der Waals surface area contributed by atoms with E-state index in [1.54, 1.807) is 31.8 Å². The van der Waals surface area contributed by atoms with Crippen LogP contribution in [0.25, 0.3) is 0 Å². The smallest absolute Gasteiger partial charge is 0.244 e. The zero-order valence-electron chi connectivity index (χ0n) is 12.3. The number of hydrogen-bond acceptors (Lipinski definition) is 5. The molecule has 0 unspecified atom stereocenters. The van der Waals surface area contributed by atoms with Crippen molar-refractivity contribution in [1.82, 2.24) is 14.5 Å². The number of sulfonamides is 1.